The number of ether oxygens (including phenoxy) is 1. The second-order valence-corrected chi connectivity index (χ2v) is 6.58. The maximum absolute atomic E-state index is 12.3. The van der Waals surface area contributed by atoms with Crippen molar-refractivity contribution in [2.24, 2.45) is 5.73 Å². The third-order valence-electron chi connectivity index (χ3n) is 3.27. The molecular formula is C18H28N2O3. The molecule has 23 heavy (non-hydrogen) atoms. The molecule has 5 heteroatoms. The molecular weight excluding hydrogens is 292 g/mol. The Hall–Kier alpha value is -1.88. The molecule has 0 atom stereocenters. The van der Waals surface area contributed by atoms with E-state index in [9.17, 15) is 9.59 Å². The summed E-state index contributed by atoms with van der Waals surface area (Å²) in [6.07, 6.45) is 1.61. The smallest absolute Gasteiger partial charge is 0.410 e. The van der Waals surface area contributed by atoms with Crippen LogP contribution in [-0.2, 0) is 11.3 Å². The van der Waals surface area contributed by atoms with Crippen LogP contribution in [0.1, 0.15) is 56.5 Å². The molecule has 0 aromatic heterocycles. The number of unbranched alkanes of at least 4 members (excludes halogenated alkanes) is 1. The number of carbonyl (C=O) groups excluding carboxylic acids is 2. The van der Waals surface area contributed by atoms with Crippen molar-refractivity contribution in [2.75, 3.05) is 13.1 Å². The molecule has 1 aromatic rings. The lowest BCUT2D eigenvalue weighted by atomic mass is 10.1. The Labute approximate surface area is 138 Å². The second kappa shape index (κ2) is 8.67. The lowest BCUT2D eigenvalue weighted by molar-refractivity contribution is 0.0231. The van der Waals surface area contributed by atoms with Crippen molar-refractivity contribution in [3.8, 4) is 0 Å². The largest absolute Gasteiger partial charge is 0.444 e. The van der Waals surface area contributed by atoms with Gasteiger partial charge in [-0.2, -0.15) is 0 Å². The molecule has 128 valence electrons. The summed E-state index contributed by atoms with van der Waals surface area (Å²) < 4.78 is 5.46. The fraction of sp³-hybridized carbons (Fsp3) is 0.556. The predicted octanol–water partition coefficient (Wildman–Crippen LogP) is 3.37. The van der Waals surface area contributed by atoms with Crippen LogP contribution in [0.3, 0.4) is 0 Å². The summed E-state index contributed by atoms with van der Waals surface area (Å²) in [6.45, 7) is 8.77. The van der Waals surface area contributed by atoms with E-state index in [1.54, 1.807) is 17.0 Å². The molecule has 0 fully saturated rings. The summed E-state index contributed by atoms with van der Waals surface area (Å²) in [5.41, 5.74) is 6.39. The average Bonchev–Trinajstić information content (AvgIpc) is 2.49. The molecule has 0 aliphatic carbocycles. The van der Waals surface area contributed by atoms with Crippen molar-refractivity contribution in [1.82, 2.24) is 4.90 Å². The van der Waals surface area contributed by atoms with E-state index in [1.807, 2.05) is 32.9 Å². The number of hydrogen-bond donors (Lipinski definition) is 1. The molecule has 2 N–H and O–H groups in total. The quantitative estimate of drug-likeness (QED) is 0.782. The van der Waals surface area contributed by atoms with Crippen LogP contribution in [0.5, 0.6) is 0 Å². The normalized spacial score (nSPS) is 11.2. The molecule has 0 aliphatic rings. The summed E-state index contributed by atoms with van der Waals surface area (Å²) in [4.78, 5) is 25.6. The van der Waals surface area contributed by atoms with Crippen LogP contribution in [0.2, 0.25) is 0 Å². The van der Waals surface area contributed by atoms with Gasteiger partial charge < -0.3 is 15.4 Å². The lowest BCUT2D eigenvalue weighted by Gasteiger charge is -2.27. The Bertz CT molecular complexity index is 518. The van der Waals surface area contributed by atoms with Crippen molar-refractivity contribution in [1.29, 1.82) is 0 Å². The highest BCUT2D eigenvalue weighted by Gasteiger charge is 2.22. The fourth-order valence-electron chi connectivity index (χ4n) is 2.04. The summed E-state index contributed by atoms with van der Waals surface area (Å²) in [5, 5.41) is 0. The maximum Gasteiger partial charge on any atom is 0.410 e. The van der Waals surface area contributed by atoms with Gasteiger partial charge in [-0.15, -0.1) is 0 Å². The molecule has 0 bridgehead atoms. The van der Waals surface area contributed by atoms with E-state index in [0.717, 1.165) is 18.4 Å². The second-order valence-electron chi connectivity index (χ2n) is 6.58. The Kier molecular flexibility index (Phi) is 7.23. The van der Waals surface area contributed by atoms with Crippen molar-refractivity contribution in [2.45, 2.75) is 52.7 Å². The van der Waals surface area contributed by atoms with Gasteiger partial charge in [0.25, 0.3) is 0 Å². The average molecular weight is 320 g/mol. The zero-order valence-corrected chi connectivity index (χ0v) is 14.6. The van der Waals surface area contributed by atoms with Crippen molar-refractivity contribution < 1.29 is 14.3 Å². The molecule has 1 aromatic carbocycles. The first kappa shape index (κ1) is 19.2. The molecule has 1 amide bonds. The van der Waals surface area contributed by atoms with Gasteiger partial charge in [-0.1, -0.05) is 37.6 Å². The summed E-state index contributed by atoms with van der Waals surface area (Å²) in [7, 11) is 0. The molecule has 0 heterocycles. The van der Waals surface area contributed by atoms with Gasteiger partial charge in [0, 0.05) is 18.7 Å². The number of nitrogens with zero attached hydrogens (tertiary/aromatic N) is 1. The van der Waals surface area contributed by atoms with Crippen molar-refractivity contribution in [3.63, 3.8) is 0 Å². The van der Waals surface area contributed by atoms with Gasteiger partial charge in [-0.3, -0.25) is 4.79 Å². The van der Waals surface area contributed by atoms with Gasteiger partial charge in [0.1, 0.15) is 5.60 Å². The van der Waals surface area contributed by atoms with Crippen molar-refractivity contribution >= 4 is 11.9 Å². The number of hydrogen-bond acceptors (Lipinski definition) is 4. The summed E-state index contributed by atoms with van der Waals surface area (Å²) >= 11 is 0. The van der Waals surface area contributed by atoms with Gasteiger partial charge in [0.05, 0.1) is 6.54 Å². The van der Waals surface area contributed by atoms with E-state index in [2.05, 4.69) is 6.92 Å². The Morgan fingerprint density at radius 3 is 2.26 bits per heavy atom. The third-order valence-corrected chi connectivity index (χ3v) is 3.27. The zero-order chi connectivity index (χ0) is 17.5. The lowest BCUT2D eigenvalue weighted by Crippen LogP contribution is -2.37. The summed E-state index contributed by atoms with van der Waals surface area (Å²) in [5.74, 6) is -0.0912. The minimum atomic E-state index is -0.515. The van der Waals surface area contributed by atoms with Crippen LogP contribution in [0.4, 0.5) is 4.79 Å². The van der Waals surface area contributed by atoms with E-state index in [0.29, 0.717) is 18.7 Å². The van der Waals surface area contributed by atoms with Gasteiger partial charge in [-0.05, 0) is 32.8 Å². The Balaban J connectivity index is 2.80. The minimum Gasteiger partial charge on any atom is -0.444 e. The first-order valence-electron chi connectivity index (χ1n) is 8.07. The highest BCUT2D eigenvalue weighted by Crippen LogP contribution is 2.14. The van der Waals surface area contributed by atoms with Gasteiger partial charge in [-0.25, -0.2) is 4.79 Å². The highest BCUT2D eigenvalue weighted by molar-refractivity contribution is 5.97. The van der Waals surface area contributed by atoms with Crippen LogP contribution >= 0.6 is 0 Å². The predicted molar refractivity (Wildman–Crippen MR) is 91.4 cm³/mol. The molecule has 0 aliphatic heterocycles. The molecule has 0 radical (unpaired) electrons. The van der Waals surface area contributed by atoms with Gasteiger partial charge in [0.15, 0.2) is 5.78 Å². The number of Topliss-reactive ketones (excluding diaryl/α,β-unsaturated/α-hetero) is 1. The molecule has 1 rings (SSSR count). The van der Waals surface area contributed by atoms with Crippen molar-refractivity contribution in [3.05, 3.63) is 35.4 Å². The van der Waals surface area contributed by atoms with E-state index >= 15 is 0 Å². The number of rotatable bonds is 7. The van der Waals surface area contributed by atoms with E-state index in [4.69, 9.17) is 10.5 Å². The first-order valence-corrected chi connectivity index (χ1v) is 8.07. The third kappa shape index (κ3) is 6.82. The SMILES string of the molecule is CCCCN(Cc1ccc(C(=O)CN)cc1)C(=O)OC(C)(C)C. The van der Waals surface area contributed by atoms with Crippen LogP contribution in [0.25, 0.3) is 0 Å². The van der Waals surface area contributed by atoms with Crippen LogP contribution in [0.15, 0.2) is 24.3 Å². The van der Waals surface area contributed by atoms with Gasteiger partial charge in [0.2, 0.25) is 0 Å². The minimum absolute atomic E-state index is 0.000119. The number of carbonyl (C=O) groups is 2. The molecule has 0 saturated heterocycles. The molecule has 0 unspecified atom stereocenters. The monoisotopic (exact) mass is 320 g/mol. The molecule has 0 spiro atoms. The topological polar surface area (TPSA) is 72.6 Å². The Morgan fingerprint density at radius 1 is 1.17 bits per heavy atom. The number of ketones is 1. The number of nitrogens with two attached hydrogens (primary N) is 1. The van der Waals surface area contributed by atoms with E-state index < -0.39 is 5.60 Å². The van der Waals surface area contributed by atoms with E-state index in [1.165, 1.54) is 0 Å². The van der Waals surface area contributed by atoms with Gasteiger partial charge >= 0.3 is 6.09 Å². The zero-order valence-electron chi connectivity index (χ0n) is 14.6. The molecule has 0 saturated carbocycles. The fourth-order valence-corrected chi connectivity index (χ4v) is 2.04. The standard InChI is InChI=1S/C18H28N2O3/c1-5-6-11-20(17(22)23-18(2,3)4)13-14-7-9-15(10-8-14)16(21)12-19/h7-10H,5-6,11-13,19H2,1-4H3. The molecule has 5 nitrogen and oxygen atoms in total. The van der Waals surface area contributed by atoms with E-state index in [-0.39, 0.29) is 18.4 Å². The van der Waals surface area contributed by atoms with Crippen LogP contribution in [-0.4, -0.2) is 35.5 Å². The Morgan fingerprint density at radius 2 is 1.78 bits per heavy atom. The summed E-state index contributed by atoms with van der Waals surface area (Å²) in [6, 6.07) is 7.20. The first-order chi connectivity index (χ1) is 10.8. The van der Waals surface area contributed by atoms with Crippen LogP contribution in [0, 0.1) is 0 Å². The number of amides is 1. The number of benzene rings is 1. The highest BCUT2D eigenvalue weighted by atomic mass is 16.6. The maximum atomic E-state index is 12.3. The van der Waals surface area contributed by atoms with Crippen LogP contribution < -0.4 is 5.73 Å².